The third-order valence-corrected chi connectivity index (χ3v) is 2.88. The molecule has 0 unspecified atom stereocenters. The van der Waals surface area contributed by atoms with Crippen LogP contribution >= 0.6 is 0 Å². The van der Waals surface area contributed by atoms with Crippen molar-refractivity contribution in [2.75, 3.05) is 20.2 Å². The van der Waals surface area contributed by atoms with E-state index in [1.165, 1.54) is 12.8 Å². The van der Waals surface area contributed by atoms with E-state index >= 15 is 0 Å². The number of methoxy groups -OCH3 is 1. The SMILES string of the molecule is COC1CN(C2CC(N)C2)C1. The molecular formula is C8H16N2O. The minimum atomic E-state index is 0.474. The van der Waals surface area contributed by atoms with Crippen LogP contribution < -0.4 is 5.73 Å². The van der Waals surface area contributed by atoms with Crippen LogP contribution in [-0.2, 0) is 4.74 Å². The Bertz CT molecular complexity index is 139. The summed E-state index contributed by atoms with van der Waals surface area (Å²) in [7, 11) is 1.79. The number of rotatable bonds is 2. The van der Waals surface area contributed by atoms with Crippen molar-refractivity contribution in [2.45, 2.75) is 31.0 Å². The second kappa shape index (κ2) is 2.73. The summed E-state index contributed by atoms with van der Waals surface area (Å²) in [6.07, 6.45) is 2.87. The second-order valence-corrected chi connectivity index (χ2v) is 3.70. The molecule has 0 radical (unpaired) electrons. The molecule has 0 spiro atoms. The first-order valence-corrected chi connectivity index (χ1v) is 4.32. The van der Waals surface area contributed by atoms with Crippen molar-refractivity contribution in [3.8, 4) is 0 Å². The molecule has 3 nitrogen and oxygen atoms in total. The zero-order chi connectivity index (χ0) is 7.84. The normalized spacial score (nSPS) is 39.8. The van der Waals surface area contributed by atoms with Crippen LogP contribution in [0.25, 0.3) is 0 Å². The lowest BCUT2D eigenvalue weighted by molar-refractivity contribution is -0.0693. The molecule has 1 saturated heterocycles. The Labute approximate surface area is 67.5 Å². The predicted molar refractivity (Wildman–Crippen MR) is 43.4 cm³/mol. The van der Waals surface area contributed by atoms with Crippen molar-refractivity contribution in [1.82, 2.24) is 4.90 Å². The molecule has 0 amide bonds. The van der Waals surface area contributed by atoms with Gasteiger partial charge < -0.3 is 10.5 Å². The van der Waals surface area contributed by atoms with Crippen molar-refractivity contribution < 1.29 is 4.74 Å². The lowest BCUT2D eigenvalue weighted by Gasteiger charge is -2.49. The summed E-state index contributed by atoms with van der Waals surface area (Å²) >= 11 is 0. The Kier molecular flexibility index (Phi) is 1.87. The summed E-state index contributed by atoms with van der Waals surface area (Å²) in [6, 6.07) is 1.25. The molecule has 2 rings (SSSR count). The summed E-state index contributed by atoms with van der Waals surface area (Å²) in [5.74, 6) is 0. The highest BCUT2D eigenvalue weighted by Gasteiger charge is 2.38. The Morgan fingerprint density at radius 2 is 2.00 bits per heavy atom. The molecule has 2 aliphatic rings. The Hall–Kier alpha value is -0.120. The summed E-state index contributed by atoms with van der Waals surface area (Å²) in [5.41, 5.74) is 5.69. The van der Waals surface area contributed by atoms with Crippen LogP contribution in [0.2, 0.25) is 0 Å². The van der Waals surface area contributed by atoms with E-state index in [9.17, 15) is 0 Å². The fraction of sp³-hybridized carbons (Fsp3) is 1.00. The third kappa shape index (κ3) is 1.28. The van der Waals surface area contributed by atoms with Crippen LogP contribution in [-0.4, -0.2) is 43.3 Å². The average molecular weight is 156 g/mol. The minimum absolute atomic E-state index is 0.474. The van der Waals surface area contributed by atoms with Crippen molar-refractivity contribution in [3.63, 3.8) is 0 Å². The van der Waals surface area contributed by atoms with Gasteiger partial charge in [0.15, 0.2) is 0 Å². The van der Waals surface area contributed by atoms with Gasteiger partial charge in [0.05, 0.1) is 6.10 Å². The summed E-state index contributed by atoms with van der Waals surface area (Å²) in [4.78, 5) is 2.47. The van der Waals surface area contributed by atoms with Gasteiger partial charge in [-0.2, -0.15) is 0 Å². The van der Waals surface area contributed by atoms with Crippen molar-refractivity contribution in [2.24, 2.45) is 5.73 Å². The molecule has 0 aromatic heterocycles. The lowest BCUT2D eigenvalue weighted by atomic mass is 9.84. The fourth-order valence-corrected chi connectivity index (χ4v) is 1.84. The van der Waals surface area contributed by atoms with Gasteiger partial charge in [0.2, 0.25) is 0 Å². The minimum Gasteiger partial charge on any atom is -0.379 e. The number of hydrogen-bond donors (Lipinski definition) is 1. The van der Waals surface area contributed by atoms with Gasteiger partial charge in [0.25, 0.3) is 0 Å². The van der Waals surface area contributed by atoms with Crippen molar-refractivity contribution in [3.05, 3.63) is 0 Å². The molecule has 1 aliphatic heterocycles. The van der Waals surface area contributed by atoms with Crippen molar-refractivity contribution in [1.29, 1.82) is 0 Å². The zero-order valence-corrected chi connectivity index (χ0v) is 6.99. The van der Waals surface area contributed by atoms with E-state index in [1.807, 2.05) is 0 Å². The van der Waals surface area contributed by atoms with E-state index in [1.54, 1.807) is 7.11 Å². The quantitative estimate of drug-likeness (QED) is 0.602. The summed E-state index contributed by atoms with van der Waals surface area (Å²) in [6.45, 7) is 2.24. The smallest absolute Gasteiger partial charge is 0.0825 e. The molecule has 1 heterocycles. The predicted octanol–water partition coefficient (Wildman–Crippen LogP) is -0.193. The number of nitrogens with two attached hydrogens (primary N) is 1. The monoisotopic (exact) mass is 156 g/mol. The van der Waals surface area contributed by atoms with Crippen LogP contribution in [0.4, 0.5) is 0 Å². The lowest BCUT2D eigenvalue weighted by Crippen LogP contribution is -2.61. The maximum absolute atomic E-state index is 5.69. The van der Waals surface area contributed by atoms with Crippen molar-refractivity contribution >= 4 is 0 Å². The van der Waals surface area contributed by atoms with Gasteiger partial charge >= 0.3 is 0 Å². The molecule has 64 valence electrons. The van der Waals surface area contributed by atoms with Crippen LogP contribution in [0.15, 0.2) is 0 Å². The highest BCUT2D eigenvalue weighted by atomic mass is 16.5. The summed E-state index contributed by atoms with van der Waals surface area (Å²) < 4.78 is 5.19. The number of likely N-dealkylation sites (tertiary alicyclic amines) is 1. The van der Waals surface area contributed by atoms with Crippen LogP contribution in [0.3, 0.4) is 0 Å². The molecule has 2 fully saturated rings. The molecular weight excluding hydrogens is 140 g/mol. The second-order valence-electron chi connectivity index (χ2n) is 3.70. The molecule has 3 heteroatoms. The molecule has 0 aromatic rings. The van der Waals surface area contributed by atoms with Gasteiger partial charge in [-0.15, -0.1) is 0 Å². The molecule has 2 N–H and O–H groups in total. The first-order chi connectivity index (χ1) is 5.29. The maximum Gasteiger partial charge on any atom is 0.0825 e. The van der Waals surface area contributed by atoms with Gasteiger partial charge in [-0.25, -0.2) is 0 Å². The highest BCUT2D eigenvalue weighted by Crippen LogP contribution is 2.28. The van der Waals surface area contributed by atoms with Gasteiger partial charge in [0.1, 0.15) is 0 Å². The van der Waals surface area contributed by atoms with E-state index in [2.05, 4.69) is 4.90 Å². The zero-order valence-electron chi connectivity index (χ0n) is 6.99. The molecule has 0 atom stereocenters. The number of ether oxygens (including phenoxy) is 1. The largest absolute Gasteiger partial charge is 0.379 e. The third-order valence-electron chi connectivity index (χ3n) is 2.88. The molecule has 0 bridgehead atoms. The number of hydrogen-bond acceptors (Lipinski definition) is 3. The van der Waals surface area contributed by atoms with Gasteiger partial charge in [-0.05, 0) is 12.8 Å². The van der Waals surface area contributed by atoms with E-state index in [0.717, 1.165) is 19.1 Å². The molecule has 1 saturated carbocycles. The molecule has 0 aromatic carbocycles. The maximum atomic E-state index is 5.69. The van der Waals surface area contributed by atoms with E-state index < -0.39 is 0 Å². The standard InChI is InChI=1S/C8H16N2O/c1-11-8-4-10(5-8)7-2-6(9)3-7/h6-8H,2-5,9H2,1H3. The van der Waals surface area contributed by atoms with Gasteiger partial charge in [0, 0.05) is 32.3 Å². The number of nitrogens with zero attached hydrogens (tertiary/aromatic N) is 1. The highest BCUT2D eigenvalue weighted by molar-refractivity contribution is 4.95. The summed E-state index contributed by atoms with van der Waals surface area (Å²) in [5, 5.41) is 0. The average Bonchev–Trinajstić information content (AvgIpc) is 1.81. The Morgan fingerprint density at radius 3 is 2.45 bits per heavy atom. The van der Waals surface area contributed by atoms with Crippen LogP contribution in [0.5, 0.6) is 0 Å². The molecule has 1 aliphatic carbocycles. The van der Waals surface area contributed by atoms with E-state index in [0.29, 0.717) is 12.1 Å². The van der Waals surface area contributed by atoms with Gasteiger partial charge in [-0.3, -0.25) is 4.90 Å². The fourth-order valence-electron chi connectivity index (χ4n) is 1.84. The Morgan fingerprint density at radius 1 is 1.36 bits per heavy atom. The molecule has 11 heavy (non-hydrogen) atoms. The van der Waals surface area contributed by atoms with Crippen LogP contribution in [0, 0.1) is 0 Å². The topological polar surface area (TPSA) is 38.5 Å². The van der Waals surface area contributed by atoms with Crippen LogP contribution in [0.1, 0.15) is 12.8 Å². The van der Waals surface area contributed by atoms with E-state index in [4.69, 9.17) is 10.5 Å². The van der Waals surface area contributed by atoms with Gasteiger partial charge in [-0.1, -0.05) is 0 Å². The first kappa shape index (κ1) is 7.53. The van der Waals surface area contributed by atoms with E-state index in [-0.39, 0.29) is 0 Å². The first-order valence-electron chi connectivity index (χ1n) is 4.32. The Balaban J connectivity index is 1.67.